The second-order valence-electron chi connectivity index (χ2n) is 7.28. The quantitative estimate of drug-likeness (QED) is 0.797. The molecule has 6 heteroatoms. The number of ether oxygens (including phenoxy) is 1. The molecule has 2 amide bonds. The highest BCUT2D eigenvalue weighted by Crippen LogP contribution is 2.46. The van der Waals surface area contributed by atoms with Gasteiger partial charge in [-0.2, -0.15) is 11.3 Å². The lowest BCUT2D eigenvalue weighted by Gasteiger charge is -2.50. The van der Waals surface area contributed by atoms with Crippen molar-refractivity contribution < 1.29 is 14.3 Å². The van der Waals surface area contributed by atoms with Gasteiger partial charge in [0.25, 0.3) is 5.91 Å². The third-order valence-electron chi connectivity index (χ3n) is 5.68. The topological polar surface area (TPSA) is 58.6 Å². The van der Waals surface area contributed by atoms with E-state index in [1.54, 1.807) is 23.3 Å². The molecule has 142 valence electrons. The highest BCUT2D eigenvalue weighted by molar-refractivity contribution is 7.08. The summed E-state index contributed by atoms with van der Waals surface area (Å²) in [5, 5.41) is 7.17. The van der Waals surface area contributed by atoms with Crippen molar-refractivity contribution in [1.29, 1.82) is 0 Å². The summed E-state index contributed by atoms with van der Waals surface area (Å²) in [6, 6.07) is 9.47. The fourth-order valence-corrected chi connectivity index (χ4v) is 4.91. The van der Waals surface area contributed by atoms with Crippen molar-refractivity contribution in [3.8, 4) is 5.75 Å². The van der Waals surface area contributed by atoms with Crippen LogP contribution in [0.1, 0.15) is 44.1 Å². The molecule has 1 aromatic heterocycles. The van der Waals surface area contributed by atoms with E-state index in [9.17, 15) is 9.59 Å². The molecule has 5 nitrogen and oxygen atoms in total. The molecule has 0 radical (unpaired) electrons. The molecule has 4 rings (SSSR count). The van der Waals surface area contributed by atoms with Crippen LogP contribution in [0.4, 0.5) is 5.69 Å². The van der Waals surface area contributed by atoms with Gasteiger partial charge in [-0.05, 0) is 59.5 Å². The molecular weight excluding hydrogens is 360 g/mol. The Morgan fingerprint density at radius 2 is 1.93 bits per heavy atom. The standard InChI is InChI=1S/C21H24N2O3S/c1-26-18-9-7-17(8-10-18)23-19(24)13-21(23,15-11-12-27-14-15)20(25)22-16-5-3-2-4-6-16/h7-12,14,16H,2-6,13H2,1H3,(H,22,25)/t21-/m0/s1. The van der Waals surface area contributed by atoms with Crippen LogP contribution >= 0.6 is 11.3 Å². The molecule has 1 atom stereocenters. The van der Waals surface area contributed by atoms with Gasteiger partial charge in [0.2, 0.25) is 5.91 Å². The zero-order valence-electron chi connectivity index (χ0n) is 15.4. The molecular formula is C21H24N2O3S. The Balaban J connectivity index is 1.67. The first-order valence-electron chi connectivity index (χ1n) is 9.46. The number of nitrogens with zero attached hydrogens (tertiary/aromatic N) is 1. The number of anilines is 1. The molecule has 2 heterocycles. The largest absolute Gasteiger partial charge is 0.497 e. The Hall–Kier alpha value is -2.34. The van der Waals surface area contributed by atoms with Crippen molar-refractivity contribution in [2.75, 3.05) is 12.0 Å². The second-order valence-corrected chi connectivity index (χ2v) is 8.06. The Kier molecular flexibility index (Phi) is 4.91. The monoisotopic (exact) mass is 384 g/mol. The number of carbonyl (C=O) groups excluding carboxylic acids is 2. The third kappa shape index (κ3) is 3.12. The van der Waals surface area contributed by atoms with Crippen LogP contribution in [0.2, 0.25) is 0 Å². The minimum atomic E-state index is -0.955. The molecule has 0 unspecified atom stereocenters. The zero-order chi connectivity index (χ0) is 18.9. The first kappa shape index (κ1) is 18.0. The third-order valence-corrected chi connectivity index (χ3v) is 6.37. The summed E-state index contributed by atoms with van der Waals surface area (Å²) in [4.78, 5) is 27.7. The number of rotatable bonds is 5. The van der Waals surface area contributed by atoms with E-state index in [0.717, 1.165) is 42.7 Å². The van der Waals surface area contributed by atoms with Crippen LogP contribution in [0.25, 0.3) is 0 Å². The van der Waals surface area contributed by atoms with Crippen molar-refractivity contribution in [2.24, 2.45) is 0 Å². The normalized spacial score (nSPS) is 23.0. The minimum absolute atomic E-state index is 0.0369. The molecule has 1 aliphatic carbocycles. The van der Waals surface area contributed by atoms with E-state index in [4.69, 9.17) is 4.74 Å². The van der Waals surface area contributed by atoms with Gasteiger partial charge in [-0.3, -0.25) is 14.5 Å². The molecule has 0 bridgehead atoms. The van der Waals surface area contributed by atoms with Crippen molar-refractivity contribution in [1.82, 2.24) is 5.32 Å². The molecule has 1 saturated heterocycles. The maximum atomic E-state index is 13.4. The summed E-state index contributed by atoms with van der Waals surface area (Å²) < 4.78 is 5.22. The van der Waals surface area contributed by atoms with E-state index in [1.165, 1.54) is 6.42 Å². The van der Waals surface area contributed by atoms with E-state index in [0.29, 0.717) is 0 Å². The van der Waals surface area contributed by atoms with Crippen LogP contribution in [0.3, 0.4) is 0 Å². The van der Waals surface area contributed by atoms with Gasteiger partial charge in [0.05, 0.1) is 13.5 Å². The van der Waals surface area contributed by atoms with Crippen LogP contribution < -0.4 is 15.0 Å². The zero-order valence-corrected chi connectivity index (χ0v) is 16.3. The van der Waals surface area contributed by atoms with E-state index < -0.39 is 5.54 Å². The number of nitrogens with one attached hydrogen (secondary N) is 1. The number of benzene rings is 1. The van der Waals surface area contributed by atoms with Crippen molar-refractivity contribution in [2.45, 2.75) is 50.1 Å². The van der Waals surface area contributed by atoms with Gasteiger partial charge in [-0.15, -0.1) is 0 Å². The van der Waals surface area contributed by atoms with Gasteiger partial charge >= 0.3 is 0 Å². The molecule has 2 aromatic rings. The minimum Gasteiger partial charge on any atom is -0.497 e. The molecule has 1 saturated carbocycles. The summed E-state index contributed by atoms with van der Waals surface area (Å²) in [5.41, 5.74) is 0.650. The van der Waals surface area contributed by atoms with Gasteiger partial charge in [-0.1, -0.05) is 19.3 Å². The Labute approximate surface area is 163 Å². The lowest BCUT2D eigenvalue weighted by Crippen LogP contribution is -2.69. The van der Waals surface area contributed by atoms with E-state index in [2.05, 4.69) is 5.32 Å². The van der Waals surface area contributed by atoms with Gasteiger partial charge in [-0.25, -0.2) is 0 Å². The van der Waals surface area contributed by atoms with Gasteiger partial charge in [0.1, 0.15) is 5.75 Å². The van der Waals surface area contributed by atoms with Crippen molar-refractivity contribution >= 4 is 28.8 Å². The Morgan fingerprint density at radius 1 is 1.19 bits per heavy atom. The molecule has 1 aliphatic heterocycles. The average molecular weight is 385 g/mol. The maximum absolute atomic E-state index is 13.4. The molecule has 2 aliphatic rings. The summed E-state index contributed by atoms with van der Waals surface area (Å²) in [6.45, 7) is 0. The number of hydrogen-bond donors (Lipinski definition) is 1. The van der Waals surface area contributed by atoms with Gasteiger partial charge < -0.3 is 10.1 Å². The van der Waals surface area contributed by atoms with Crippen LogP contribution in [-0.2, 0) is 15.1 Å². The number of methoxy groups -OCH3 is 1. The Morgan fingerprint density at radius 3 is 2.52 bits per heavy atom. The van der Waals surface area contributed by atoms with E-state index in [1.807, 2.05) is 41.1 Å². The molecule has 1 aromatic carbocycles. The summed E-state index contributed by atoms with van der Waals surface area (Å²) in [5.74, 6) is 0.618. The SMILES string of the molecule is COc1ccc(N2C(=O)C[C@@]2(C(=O)NC2CCCCC2)c2ccsc2)cc1. The highest BCUT2D eigenvalue weighted by Gasteiger charge is 2.58. The summed E-state index contributed by atoms with van der Waals surface area (Å²) in [7, 11) is 1.61. The second kappa shape index (κ2) is 7.35. The molecule has 27 heavy (non-hydrogen) atoms. The van der Waals surface area contributed by atoms with Crippen molar-refractivity contribution in [3.05, 3.63) is 46.7 Å². The predicted octanol–water partition coefficient (Wildman–Crippen LogP) is 3.84. The average Bonchev–Trinajstić information content (AvgIpc) is 3.22. The van der Waals surface area contributed by atoms with Crippen LogP contribution in [0.5, 0.6) is 5.75 Å². The predicted molar refractivity (Wildman–Crippen MR) is 106 cm³/mol. The van der Waals surface area contributed by atoms with Gasteiger partial charge in [0.15, 0.2) is 5.54 Å². The summed E-state index contributed by atoms with van der Waals surface area (Å²) >= 11 is 1.55. The maximum Gasteiger partial charge on any atom is 0.251 e. The number of thiophene rings is 1. The Bertz CT molecular complexity index is 812. The fraction of sp³-hybridized carbons (Fsp3) is 0.429. The number of amides is 2. The fourth-order valence-electron chi connectivity index (χ4n) is 4.19. The number of hydrogen-bond acceptors (Lipinski definition) is 4. The number of β-lactam (4-membered cyclic amide) rings is 1. The van der Waals surface area contributed by atoms with Crippen molar-refractivity contribution in [3.63, 3.8) is 0 Å². The van der Waals surface area contributed by atoms with Crippen LogP contribution in [-0.4, -0.2) is 25.0 Å². The number of carbonyl (C=O) groups is 2. The van der Waals surface area contributed by atoms with Crippen LogP contribution in [0, 0.1) is 0 Å². The molecule has 2 fully saturated rings. The first-order chi connectivity index (χ1) is 13.1. The van der Waals surface area contributed by atoms with Crippen LogP contribution in [0.15, 0.2) is 41.1 Å². The molecule has 1 N–H and O–H groups in total. The summed E-state index contributed by atoms with van der Waals surface area (Å²) in [6.07, 6.45) is 5.77. The smallest absolute Gasteiger partial charge is 0.251 e. The first-order valence-corrected chi connectivity index (χ1v) is 10.4. The molecule has 0 spiro atoms. The van der Waals surface area contributed by atoms with Gasteiger partial charge in [0, 0.05) is 11.7 Å². The highest BCUT2D eigenvalue weighted by atomic mass is 32.1. The lowest BCUT2D eigenvalue weighted by molar-refractivity contribution is -0.140. The van der Waals surface area contributed by atoms with E-state index in [-0.39, 0.29) is 24.3 Å². The van der Waals surface area contributed by atoms with E-state index >= 15 is 0 Å². The lowest BCUT2D eigenvalue weighted by atomic mass is 9.76.